The van der Waals surface area contributed by atoms with Crippen molar-refractivity contribution in [3.05, 3.63) is 70.8 Å². The Morgan fingerprint density at radius 3 is 1.34 bits per heavy atom. The maximum atomic E-state index is 14.3. The summed E-state index contributed by atoms with van der Waals surface area (Å²) in [5.74, 6) is -1.75. The third kappa shape index (κ3) is 5.33. The molecule has 12 unspecified atom stereocenters. The molecule has 2 aromatic carbocycles. The van der Waals surface area contributed by atoms with Crippen molar-refractivity contribution >= 4 is 35.3 Å². The Hall–Kier alpha value is -5.16. The molecular formula is C51H64N4O12. The summed E-state index contributed by atoms with van der Waals surface area (Å²) in [5.41, 5.74) is -2.90. The fourth-order valence-corrected chi connectivity index (χ4v) is 16.1. The molecular weight excluding hydrogens is 861 g/mol. The Labute approximate surface area is 391 Å². The molecule has 0 aromatic heterocycles. The van der Waals surface area contributed by atoms with Gasteiger partial charge in [0.2, 0.25) is 11.2 Å². The van der Waals surface area contributed by atoms with Crippen LogP contribution in [-0.2, 0) is 55.4 Å². The van der Waals surface area contributed by atoms with Gasteiger partial charge in [0.1, 0.15) is 11.5 Å². The quantitative estimate of drug-likeness (QED) is 0.202. The highest BCUT2D eigenvalue weighted by Gasteiger charge is 2.82. The number of carbonyl (C=O) groups is 4. The molecule has 8 aliphatic rings. The summed E-state index contributed by atoms with van der Waals surface area (Å²) in [4.78, 5) is 63.4. The van der Waals surface area contributed by atoms with Crippen LogP contribution < -0.4 is 19.3 Å². The van der Waals surface area contributed by atoms with Crippen LogP contribution in [0.1, 0.15) is 75.6 Å². The predicted molar refractivity (Wildman–Crippen MR) is 245 cm³/mol. The van der Waals surface area contributed by atoms with E-state index in [9.17, 15) is 29.4 Å². The summed E-state index contributed by atoms with van der Waals surface area (Å²) < 4.78 is 35.6. The number of hydrogen-bond donors (Lipinski definition) is 2. The number of hydrogen-bond acceptors (Lipinski definition) is 16. The second-order valence-corrected chi connectivity index (χ2v) is 20.3. The van der Waals surface area contributed by atoms with Crippen LogP contribution >= 0.6 is 0 Å². The minimum Gasteiger partial charge on any atom is -0.496 e. The Kier molecular flexibility index (Phi) is 10.3. The highest BCUT2D eigenvalue weighted by Crippen LogP contribution is 2.70. The average Bonchev–Trinajstić information content (AvgIpc) is 4.04. The molecule has 67 heavy (non-hydrogen) atoms. The number of aliphatic hydroxyl groups is 2. The minimum atomic E-state index is -2.27. The zero-order chi connectivity index (χ0) is 48.0. The Morgan fingerprint density at radius 2 is 1.01 bits per heavy atom. The molecule has 360 valence electrons. The first-order chi connectivity index (χ1) is 31.9. The van der Waals surface area contributed by atoms with Crippen molar-refractivity contribution in [1.82, 2.24) is 9.80 Å². The lowest BCUT2D eigenvalue weighted by atomic mass is 9.47. The highest BCUT2D eigenvalue weighted by atomic mass is 16.6. The molecule has 0 amide bonds. The summed E-state index contributed by atoms with van der Waals surface area (Å²) in [6.07, 6.45) is 8.25. The van der Waals surface area contributed by atoms with Crippen LogP contribution in [0, 0.1) is 10.8 Å². The number of carbonyl (C=O) groups excluding carboxylic acids is 4. The summed E-state index contributed by atoms with van der Waals surface area (Å²) in [6, 6.07) is 6.04. The van der Waals surface area contributed by atoms with E-state index in [0.717, 1.165) is 33.6 Å². The van der Waals surface area contributed by atoms with Crippen molar-refractivity contribution in [1.29, 1.82) is 0 Å². The Morgan fingerprint density at radius 1 is 0.627 bits per heavy atom. The fraction of sp³-hybridized carbons (Fsp3) is 0.608. The van der Waals surface area contributed by atoms with Crippen molar-refractivity contribution in [3.8, 4) is 11.5 Å². The number of rotatable bonds is 10. The summed E-state index contributed by atoms with van der Waals surface area (Å²) in [7, 11) is 9.51. The van der Waals surface area contributed by atoms with Crippen LogP contribution in [-0.4, -0.2) is 160 Å². The van der Waals surface area contributed by atoms with E-state index in [1.54, 1.807) is 14.2 Å². The van der Waals surface area contributed by atoms with Gasteiger partial charge >= 0.3 is 23.9 Å². The monoisotopic (exact) mass is 924 g/mol. The zero-order valence-corrected chi connectivity index (χ0v) is 40.2. The van der Waals surface area contributed by atoms with Gasteiger partial charge in [0.25, 0.3) is 0 Å². The SMILES string of the molecule is CCC12C=CCN3CCC4(c5cc(Cc6cc7c(cc6OC)N(C)C6C(O)(C(=O)OC)C(OC(C)=O)C8(CC)C=CCN9CCC76C98)c(OC)cc5N(C)C4C(O)(C(=O)OC)C1OC(C)=O)C32. The molecule has 2 aliphatic carbocycles. The summed E-state index contributed by atoms with van der Waals surface area (Å²) >= 11 is 0. The number of nitrogens with zero attached hydrogens (tertiary/aromatic N) is 4. The van der Waals surface area contributed by atoms with Gasteiger partial charge in [-0.1, -0.05) is 38.2 Å². The minimum absolute atomic E-state index is 0.260. The third-order valence-corrected chi connectivity index (χ3v) is 18.0. The van der Waals surface area contributed by atoms with Gasteiger partial charge < -0.3 is 48.4 Å². The van der Waals surface area contributed by atoms with Crippen LogP contribution in [0.15, 0.2) is 48.6 Å². The van der Waals surface area contributed by atoms with E-state index in [0.29, 0.717) is 69.8 Å². The fourth-order valence-electron chi connectivity index (χ4n) is 16.1. The van der Waals surface area contributed by atoms with Gasteiger partial charge in [-0.05, 0) is 73.2 Å². The normalized spacial score (nSPS) is 38.3. The number of benzene rings is 2. The number of anilines is 2. The molecule has 2 saturated heterocycles. The molecule has 2 aromatic rings. The lowest BCUT2D eigenvalue weighted by molar-refractivity contribution is -0.229. The Balaban J connectivity index is 1.16. The van der Waals surface area contributed by atoms with Crippen molar-refractivity contribution in [2.24, 2.45) is 10.8 Å². The van der Waals surface area contributed by atoms with Crippen molar-refractivity contribution < 1.29 is 57.8 Å². The van der Waals surface area contributed by atoms with Crippen LogP contribution in [0.5, 0.6) is 11.5 Å². The molecule has 0 bridgehead atoms. The van der Waals surface area contributed by atoms with E-state index in [2.05, 4.69) is 46.2 Å². The number of ether oxygens (including phenoxy) is 6. The zero-order valence-electron chi connectivity index (χ0n) is 40.2. The summed E-state index contributed by atoms with van der Waals surface area (Å²) in [5, 5.41) is 26.5. The first-order valence-corrected chi connectivity index (χ1v) is 23.6. The molecule has 2 saturated carbocycles. The molecule has 12 atom stereocenters. The lowest BCUT2D eigenvalue weighted by Crippen LogP contribution is -2.81. The first-order valence-electron chi connectivity index (χ1n) is 23.6. The van der Waals surface area contributed by atoms with Crippen LogP contribution in [0.4, 0.5) is 11.4 Å². The highest BCUT2D eigenvalue weighted by molar-refractivity contribution is 5.88. The van der Waals surface area contributed by atoms with Gasteiger partial charge in [0.05, 0.1) is 40.5 Å². The summed E-state index contributed by atoms with van der Waals surface area (Å²) in [6.45, 7) is 9.34. The maximum absolute atomic E-state index is 14.3. The third-order valence-electron chi connectivity index (χ3n) is 18.0. The van der Waals surface area contributed by atoms with E-state index in [1.165, 1.54) is 28.1 Å². The molecule has 2 N–H and O–H groups in total. The van der Waals surface area contributed by atoms with E-state index < -0.39 is 81.0 Å². The number of likely N-dealkylation sites (N-methyl/N-ethyl adjacent to an activating group) is 2. The molecule has 2 spiro atoms. The predicted octanol–water partition coefficient (Wildman–Crippen LogP) is 3.19. The Bertz CT molecular complexity index is 2360. The van der Waals surface area contributed by atoms with Crippen molar-refractivity contribution in [2.45, 2.75) is 118 Å². The average molecular weight is 925 g/mol. The molecule has 10 rings (SSSR count). The largest absolute Gasteiger partial charge is 0.496 e. The van der Waals surface area contributed by atoms with Gasteiger partial charge in [-0.3, -0.25) is 19.4 Å². The molecule has 0 radical (unpaired) electrons. The van der Waals surface area contributed by atoms with Crippen LogP contribution in [0.2, 0.25) is 0 Å². The van der Waals surface area contributed by atoms with Crippen molar-refractivity contribution in [2.75, 3.05) is 78.5 Å². The van der Waals surface area contributed by atoms with Gasteiger partial charge in [0, 0.05) is 105 Å². The van der Waals surface area contributed by atoms with Crippen molar-refractivity contribution in [3.63, 3.8) is 0 Å². The molecule has 6 heterocycles. The number of methoxy groups -OCH3 is 4. The van der Waals surface area contributed by atoms with E-state index in [4.69, 9.17) is 28.4 Å². The number of fused-ring (bicyclic) bond motifs is 2. The second kappa shape index (κ2) is 15.2. The molecule has 6 aliphatic heterocycles. The second-order valence-electron chi connectivity index (χ2n) is 20.3. The topological polar surface area (TPSA) is 177 Å². The van der Waals surface area contributed by atoms with Gasteiger partial charge in [-0.2, -0.15) is 0 Å². The smallest absolute Gasteiger partial charge is 0.344 e. The lowest BCUT2D eigenvalue weighted by Gasteiger charge is -2.63. The van der Waals surface area contributed by atoms with Crippen LogP contribution in [0.3, 0.4) is 0 Å². The van der Waals surface area contributed by atoms with E-state index in [-0.39, 0.29) is 12.1 Å². The maximum Gasteiger partial charge on any atom is 0.344 e. The molecule has 16 nitrogen and oxygen atoms in total. The molecule has 4 fully saturated rings. The van der Waals surface area contributed by atoms with E-state index in [1.807, 2.05) is 49.9 Å². The van der Waals surface area contributed by atoms with E-state index >= 15 is 0 Å². The van der Waals surface area contributed by atoms with Gasteiger partial charge in [-0.25, -0.2) is 9.59 Å². The number of esters is 4. The van der Waals surface area contributed by atoms with Gasteiger partial charge in [-0.15, -0.1) is 0 Å². The first kappa shape index (κ1) is 45.6. The van der Waals surface area contributed by atoms with Gasteiger partial charge in [0.15, 0.2) is 12.2 Å². The molecule has 16 heteroatoms. The standard InChI is InChI=1S/C51H64N4O12/c1-11-46-15-13-19-54-21-17-48(38(46)54)32-24-30(36(62-7)26-34(32)52(5)40(48)50(60,44(58)64-9)42(46)66-28(3)56)23-31-25-33-35(27-37(31)63-8)53(6)41-49(33)18-22-55-20-14-16-47(12-2,39(49)55)43(67-29(4)57)51(41,61)45(59)65-10/h13-16,24-27,38-43,60-61H,11-12,17-23H2,1-10H3. The van der Waals surface area contributed by atoms with Crippen LogP contribution in [0.25, 0.3) is 0 Å².